The topological polar surface area (TPSA) is 55.1 Å². The highest BCUT2D eigenvalue weighted by molar-refractivity contribution is 5.92. The molecule has 1 aromatic heterocycles. The molecular formula is C9H10N2O2. The summed E-state index contributed by atoms with van der Waals surface area (Å²) in [5.41, 5.74) is 0.250. The van der Waals surface area contributed by atoms with Gasteiger partial charge in [0.1, 0.15) is 5.76 Å². The first-order valence-corrected chi connectivity index (χ1v) is 3.84. The quantitative estimate of drug-likeness (QED) is 0.679. The first kappa shape index (κ1) is 9.33. The maximum atomic E-state index is 11.3. The molecule has 0 saturated carbocycles. The second-order valence-corrected chi connectivity index (χ2v) is 2.68. The maximum Gasteiger partial charge on any atom is 0.274 e. The van der Waals surface area contributed by atoms with Crippen LogP contribution in [0.2, 0.25) is 0 Å². The Bertz CT molecular complexity index is 349. The SMILES string of the molecule is C#CC(C)NC(=O)c1cc(C)on1. The third-order valence-electron chi connectivity index (χ3n) is 1.46. The number of carbonyl (C=O) groups is 1. The van der Waals surface area contributed by atoms with Crippen LogP contribution >= 0.6 is 0 Å². The first-order chi connectivity index (χ1) is 6.13. The van der Waals surface area contributed by atoms with Gasteiger partial charge in [0.25, 0.3) is 5.91 Å². The molecule has 13 heavy (non-hydrogen) atoms. The molecule has 0 aliphatic rings. The number of hydrogen-bond acceptors (Lipinski definition) is 3. The molecular weight excluding hydrogens is 168 g/mol. The van der Waals surface area contributed by atoms with Gasteiger partial charge >= 0.3 is 0 Å². The van der Waals surface area contributed by atoms with Crippen molar-refractivity contribution in [1.29, 1.82) is 0 Å². The maximum absolute atomic E-state index is 11.3. The summed E-state index contributed by atoms with van der Waals surface area (Å²) >= 11 is 0. The van der Waals surface area contributed by atoms with Crippen LogP contribution in [0.3, 0.4) is 0 Å². The minimum Gasteiger partial charge on any atom is -0.361 e. The van der Waals surface area contributed by atoms with E-state index in [4.69, 9.17) is 10.9 Å². The minimum atomic E-state index is -0.317. The van der Waals surface area contributed by atoms with Crippen molar-refractivity contribution in [2.45, 2.75) is 19.9 Å². The third-order valence-corrected chi connectivity index (χ3v) is 1.46. The molecule has 0 fully saturated rings. The molecule has 1 amide bonds. The lowest BCUT2D eigenvalue weighted by atomic mass is 10.3. The Morgan fingerprint density at radius 3 is 3.00 bits per heavy atom. The Balaban J connectivity index is 2.65. The number of terminal acetylenes is 1. The second kappa shape index (κ2) is 3.76. The van der Waals surface area contributed by atoms with Crippen molar-refractivity contribution >= 4 is 5.91 Å². The molecule has 4 heteroatoms. The van der Waals surface area contributed by atoms with Crippen LogP contribution in [0.5, 0.6) is 0 Å². The Morgan fingerprint density at radius 2 is 2.54 bits per heavy atom. The van der Waals surface area contributed by atoms with Gasteiger partial charge in [0, 0.05) is 6.07 Å². The Kier molecular flexibility index (Phi) is 2.70. The molecule has 1 unspecified atom stereocenters. The zero-order valence-electron chi connectivity index (χ0n) is 7.50. The molecule has 1 heterocycles. The summed E-state index contributed by atoms with van der Waals surface area (Å²) in [4.78, 5) is 11.3. The summed E-state index contributed by atoms with van der Waals surface area (Å²) in [5, 5.41) is 6.11. The van der Waals surface area contributed by atoms with Crippen LogP contribution in [-0.4, -0.2) is 17.1 Å². The average Bonchev–Trinajstić information content (AvgIpc) is 2.51. The van der Waals surface area contributed by atoms with E-state index in [1.165, 1.54) is 0 Å². The average molecular weight is 178 g/mol. The van der Waals surface area contributed by atoms with Crippen LogP contribution in [0.25, 0.3) is 0 Å². The smallest absolute Gasteiger partial charge is 0.274 e. The molecule has 0 saturated heterocycles. The Morgan fingerprint density at radius 1 is 1.85 bits per heavy atom. The van der Waals surface area contributed by atoms with Gasteiger partial charge in [-0.1, -0.05) is 11.1 Å². The minimum absolute atomic E-state index is 0.250. The van der Waals surface area contributed by atoms with Crippen molar-refractivity contribution < 1.29 is 9.32 Å². The van der Waals surface area contributed by atoms with E-state index in [1.54, 1.807) is 19.9 Å². The van der Waals surface area contributed by atoms with Crippen molar-refractivity contribution in [3.8, 4) is 12.3 Å². The van der Waals surface area contributed by atoms with E-state index in [0.717, 1.165) is 0 Å². The van der Waals surface area contributed by atoms with E-state index in [0.29, 0.717) is 5.76 Å². The van der Waals surface area contributed by atoms with E-state index < -0.39 is 0 Å². The number of aryl methyl sites for hydroxylation is 1. The van der Waals surface area contributed by atoms with E-state index in [2.05, 4.69) is 16.4 Å². The molecule has 1 aromatic rings. The summed E-state index contributed by atoms with van der Waals surface area (Å²) in [7, 11) is 0. The molecule has 1 atom stereocenters. The monoisotopic (exact) mass is 178 g/mol. The van der Waals surface area contributed by atoms with Crippen LogP contribution in [0, 0.1) is 19.3 Å². The predicted octanol–water partition coefficient (Wildman–Crippen LogP) is 0.735. The highest BCUT2D eigenvalue weighted by Gasteiger charge is 2.11. The number of aromatic nitrogens is 1. The molecule has 1 N–H and O–H groups in total. The fourth-order valence-corrected chi connectivity index (χ4v) is 0.786. The zero-order chi connectivity index (χ0) is 9.84. The summed E-state index contributed by atoms with van der Waals surface area (Å²) in [6, 6.07) is 1.25. The van der Waals surface area contributed by atoms with Gasteiger partial charge < -0.3 is 9.84 Å². The predicted molar refractivity (Wildman–Crippen MR) is 47.0 cm³/mol. The van der Waals surface area contributed by atoms with Crippen LogP contribution in [0.15, 0.2) is 10.6 Å². The fourth-order valence-electron chi connectivity index (χ4n) is 0.786. The van der Waals surface area contributed by atoms with Gasteiger partial charge in [0.05, 0.1) is 6.04 Å². The molecule has 0 aromatic carbocycles. The summed E-state index contributed by atoms with van der Waals surface area (Å²) in [6.45, 7) is 3.43. The first-order valence-electron chi connectivity index (χ1n) is 3.84. The van der Waals surface area contributed by atoms with Crippen molar-refractivity contribution in [2.24, 2.45) is 0 Å². The van der Waals surface area contributed by atoms with Crippen molar-refractivity contribution in [2.75, 3.05) is 0 Å². The second-order valence-electron chi connectivity index (χ2n) is 2.68. The number of hydrogen-bond donors (Lipinski definition) is 1. The lowest BCUT2D eigenvalue weighted by Gasteiger charge is -2.03. The van der Waals surface area contributed by atoms with Crippen molar-refractivity contribution in [1.82, 2.24) is 10.5 Å². The number of carbonyl (C=O) groups excluding carboxylic acids is 1. The van der Waals surface area contributed by atoms with Crippen LogP contribution in [0.1, 0.15) is 23.2 Å². The molecule has 4 nitrogen and oxygen atoms in total. The number of amides is 1. The van der Waals surface area contributed by atoms with Gasteiger partial charge in [0.2, 0.25) is 0 Å². The highest BCUT2D eigenvalue weighted by atomic mass is 16.5. The molecule has 0 aliphatic heterocycles. The summed E-state index contributed by atoms with van der Waals surface area (Å²) < 4.78 is 4.74. The molecule has 0 radical (unpaired) electrons. The standard InChI is InChI=1S/C9H10N2O2/c1-4-6(2)10-9(12)8-5-7(3)13-11-8/h1,5-6H,2-3H3,(H,10,12). The number of nitrogens with zero attached hydrogens (tertiary/aromatic N) is 1. The van der Waals surface area contributed by atoms with E-state index in [1.807, 2.05) is 0 Å². The lowest BCUT2D eigenvalue weighted by molar-refractivity contribution is 0.0939. The fraction of sp³-hybridized carbons (Fsp3) is 0.333. The Labute approximate surface area is 76.3 Å². The van der Waals surface area contributed by atoms with E-state index >= 15 is 0 Å². The zero-order valence-corrected chi connectivity index (χ0v) is 7.50. The van der Waals surface area contributed by atoms with Crippen LogP contribution in [-0.2, 0) is 0 Å². The van der Waals surface area contributed by atoms with Gasteiger partial charge in [0.15, 0.2) is 5.69 Å². The molecule has 1 rings (SSSR count). The van der Waals surface area contributed by atoms with Gasteiger partial charge in [-0.25, -0.2) is 0 Å². The van der Waals surface area contributed by atoms with Crippen LogP contribution in [0.4, 0.5) is 0 Å². The Hall–Kier alpha value is -1.76. The molecule has 0 spiro atoms. The number of nitrogens with one attached hydrogen (secondary N) is 1. The van der Waals surface area contributed by atoms with Gasteiger partial charge in [-0.05, 0) is 13.8 Å². The van der Waals surface area contributed by atoms with E-state index in [-0.39, 0.29) is 17.6 Å². The molecule has 0 aliphatic carbocycles. The third kappa shape index (κ3) is 2.34. The molecule has 0 bridgehead atoms. The van der Waals surface area contributed by atoms with Crippen molar-refractivity contribution in [3.63, 3.8) is 0 Å². The number of rotatable bonds is 2. The van der Waals surface area contributed by atoms with Gasteiger partial charge in [-0.2, -0.15) is 0 Å². The van der Waals surface area contributed by atoms with Crippen LogP contribution < -0.4 is 5.32 Å². The van der Waals surface area contributed by atoms with Crippen molar-refractivity contribution in [3.05, 3.63) is 17.5 Å². The summed E-state index contributed by atoms with van der Waals surface area (Å²) in [6.07, 6.45) is 5.10. The lowest BCUT2D eigenvalue weighted by Crippen LogP contribution is -2.31. The van der Waals surface area contributed by atoms with Gasteiger partial charge in [-0.3, -0.25) is 4.79 Å². The van der Waals surface area contributed by atoms with Gasteiger partial charge in [-0.15, -0.1) is 6.42 Å². The molecule has 68 valence electrons. The highest BCUT2D eigenvalue weighted by Crippen LogP contribution is 2.01. The normalized spacial score (nSPS) is 11.8. The van der Waals surface area contributed by atoms with E-state index in [9.17, 15) is 4.79 Å². The largest absolute Gasteiger partial charge is 0.361 e. The summed E-state index contributed by atoms with van der Waals surface area (Å²) in [5.74, 6) is 2.66.